The fraction of sp³-hybridized carbons (Fsp3) is 0.538. The fourth-order valence-corrected chi connectivity index (χ4v) is 2.28. The van der Waals surface area contributed by atoms with Crippen LogP contribution in [-0.2, 0) is 0 Å². The van der Waals surface area contributed by atoms with E-state index < -0.39 is 6.10 Å². The Kier molecular flexibility index (Phi) is 4.40. The second-order valence-electron chi connectivity index (χ2n) is 4.66. The van der Waals surface area contributed by atoms with E-state index in [1.807, 2.05) is 12.1 Å². The molecule has 1 saturated carbocycles. The van der Waals surface area contributed by atoms with Crippen molar-refractivity contribution >= 4 is 11.6 Å². The van der Waals surface area contributed by atoms with Crippen LogP contribution in [0.5, 0.6) is 0 Å². The maximum absolute atomic E-state index is 9.21. The Labute approximate surface area is 106 Å². The Hall–Kier alpha value is -0.610. The van der Waals surface area contributed by atoms with E-state index in [2.05, 4.69) is 17.4 Å². The second-order valence-corrected chi connectivity index (χ2v) is 5.10. The topological polar surface area (TPSA) is 52.5 Å². The van der Waals surface area contributed by atoms with Gasteiger partial charge in [-0.05, 0) is 36.5 Å². The first-order valence-corrected chi connectivity index (χ1v) is 6.34. The lowest BCUT2D eigenvalue weighted by molar-refractivity contribution is 0.0872. The number of hydrogen-bond acceptors (Lipinski definition) is 3. The predicted octanol–water partition coefficient (Wildman–Crippen LogP) is 1.53. The van der Waals surface area contributed by atoms with Gasteiger partial charge in [0.2, 0.25) is 0 Å². The highest BCUT2D eigenvalue weighted by Crippen LogP contribution is 2.37. The molecular formula is C13H18ClNO2. The van der Waals surface area contributed by atoms with Crippen molar-refractivity contribution < 1.29 is 10.2 Å². The third-order valence-electron chi connectivity index (χ3n) is 3.33. The van der Waals surface area contributed by atoms with Crippen LogP contribution in [0, 0.1) is 0 Å². The van der Waals surface area contributed by atoms with Crippen molar-refractivity contribution in [1.82, 2.24) is 5.32 Å². The van der Waals surface area contributed by atoms with Gasteiger partial charge in [-0.25, -0.2) is 0 Å². The van der Waals surface area contributed by atoms with E-state index in [-0.39, 0.29) is 6.61 Å². The molecule has 1 aliphatic rings. The quantitative estimate of drug-likeness (QED) is 0.748. The fourth-order valence-electron chi connectivity index (χ4n) is 2.16. The molecule has 0 amide bonds. The van der Waals surface area contributed by atoms with Gasteiger partial charge in [0.1, 0.15) is 0 Å². The van der Waals surface area contributed by atoms with Crippen LogP contribution in [-0.4, -0.2) is 35.5 Å². The summed E-state index contributed by atoms with van der Waals surface area (Å²) in [5.74, 6) is 0.594. The monoisotopic (exact) mass is 255 g/mol. The first-order chi connectivity index (χ1) is 8.19. The Balaban J connectivity index is 1.73. The lowest BCUT2D eigenvalue weighted by Crippen LogP contribution is -2.44. The highest BCUT2D eigenvalue weighted by molar-refractivity contribution is 6.30. The standard InChI is InChI=1S/C13H18ClNO2/c14-11-3-1-9(2-4-11)10-5-12(6-10)15-7-13(17)8-16/h1-4,10,12-13,15-17H,5-8H2. The van der Waals surface area contributed by atoms with E-state index >= 15 is 0 Å². The van der Waals surface area contributed by atoms with Crippen molar-refractivity contribution in [3.63, 3.8) is 0 Å². The number of benzene rings is 1. The van der Waals surface area contributed by atoms with Gasteiger partial charge in [0.15, 0.2) is 0 Å². The van der Waals surface area contributed by atoms with Crippen molar-refractivity contribution in [2.24, 2.45) is 0 Å². The zero-order valence-electron chi connectivity index (χ0n) is 9.64. The van der Waals surface area contributed by atoms with Crippen LogP contribution >= 0.6 is 11.6 Å². The lowest BCUT2D eigenvalue weighted by atomic mass is 9.76. The first-order valence-electron chi connectivity index (χ1n) is 5.97. The summed E-state index contributed by atoms with van der Waals surface area (Å²) < 4.78 is 0. The maximum Gasteiger partial charge on any atom is 0.0895 e. The predicted molar refractivity (Wildman–Crippen MR) is 68.3 cm³/mol. The zero-order valence-corrected chi connectivity index (χ0v) is 10.4. The molecular weight excluding hydrogens is 238 g/mol. The van der Waals surface area contributed by atoms with Crippen LogP contribution in [0.2, 0.25) is 5.02 Å². The highest BCUT2D eigenvalue weighted by Gasteiger charge is 2.29. The number of hydrogen-bond donors (Lipinski definition) is 3. The second kappa shape index (κ2) is 5.83. The summed E-state index contributed by atoms with van der Waals surface area (Å²) in [6, 6.07) is 8.45. The van der Waals surface area contributed by atoms with Crippen LogP contribution < -0.4 is 5.32 Å². The summed E-state index contributed by atoms with van der Waals surface area (Å²) in [6.45, 7) is 0.287. The molecule has 1 aromatic rings. The molecule has 94 valence electrons. The number of aliphatic hydroxyl groups excluding tert-OH is 2. The molecule has 0 saturated heterocycles. The average molecular weight is 256 g/mol. The molecule has 2 rings (SSSR count). The molecule has 0 aromatic heterocycles. The Morgan fingerprint density at radius 1 is 1.29 bits per heavy atom. The Bertz CT molecular complexity index is 349. The normalized spacial score (nSPS) is 25.4. The van der Waals surface area contributed by atoms with Crippen LogP contribution in [0.1, 0.15) is 24.3 Å². The van der Waals surface area contributed by atoms with E-state index in [0.717, 1.165) is 17.9 Å². The summed E-state index contributed by atoms with van der Waals surface area (Å²) in [5.41, 5.74) is 1.33. The highest BCUT2D eigenvalue weighted by atomic mass is 35.5. The minimum atomic E-state index is -0.649. The number of halogens is 1. The molecule has 0 heterocycles. The largest absolute Gasteiger partial charge is 0.394 e. The molecule has 1 aliphatic carbocycles. The Morgan fingerprint density at radius 3 is 2.53 bits per heavy atom. The van der Waals surface area contributed by atoms with Gasteiger partial charge in [-0.2, -0.15) is 0 Å². The van der Waals surface area contributed by atoms with Gasteiger partial charge in [0, 0.05) is 17.6 Å². The van der Waals surface area contributed by atoms with Gasteiger partial charge in [0.05, 0.1) is 12.7 Å². The third kappa shape index (κ3) is 3.42. The van der Waals surface area contributed by atoms with Crippen molar-refractivity contribution in [3.05, 3.63) is 34.9 Å². The molecule has 4 heteroatoms. The van der Waals surface area contributed by atoms with Gasteiger partial charge >= 0.3 is 0 Å². The van der Waals surface area contributed by atoms with Crippen molar-refractivity contribution in [2.75, 3.05) is 13.2 Å². The molecule has 3 N–H and O–H groups in total. The molecule has 1 aromatic carbocycles. The summed E-state index contributed by atoms with van der Waals surface area (Å²) in [5, 5.41) is 21.9. The van der Waals surface area contributed by atoms with Crippen LogP contribution in [0.15, 0.2) is 24.3 Å². The van der Waals surface area contributed by atoms with Gasteiger partial charge in [-0.1, -0.05) is 23.7 Å². The molecule has 0 bridgehead atoms. The van der Waals surface area contributed by atoms with Crippen molar-refractivity contribution in [1.29, 1.82) is 0 Å². The molecule has 3 nitrogen and oxygen atoms in total. The summed E-state index contributed by atoms with van der Waals surface area (Å²) in [6.07, 6.45) is 1.52. The minimum Gasteiger partial charge on any atom is -0.394 e. The summed E-state index contributed by atoms with van der Waals surface area (Å²) in [7, 11) is 0. The minimum absolute atomic E-state index is 0.180. The number of nitrogens with one attached hydrogen (secondary N) is 1. The zero-order chi connectivity index (χ0) is 12.3. The van der Waals surface area contributed by atoms with E-state index in [4.69, 9.17) is 16.7 Å². The first kappa shape index (κ1) is 12.8. The van der Waals surface area contributed by atoms with Gasteiger partial charge in [-0.15, -0.1) is 0 Å². The average Bonchev–Trinajstić information content (AvgIpc) is 2.29. The Morgan fingerprint density at radius 2 is 1.94 bits per heavy atom. The molecule has 0 radical (unpaired) electrons. The molecule has 1 fully saturated rings. The van der Waals surface area contributed by atoms with E-state index in [1.165, 1.54) is 5.56 Å². The van der Waals surface area contributed by atoms with Crippen LogP contribution in [0.3, 0.4) is 0 Å². The molecule has 1 unspecified atom stereocenters. The molecule has 0 spiro atoms. The SMILES string of the molecule is OCC(O)CNC1CC(c2ccc(Cl)cc2)C1. The van der Waals surface area contributed by atoms with Crippen molar-refractivity contribution in [3.8, 4) is 0 Å². The van der Waals surface area contributed by atoms with Gasteiger partial charge in [-0.3, -0.25) is 0 Å². The lowest BCUT2D eigenvalue weighted by Gasteiger charge is -2.36. The third-order valence-corrected chi connectivity index (χ3v) is 3.58. The molecule has 0 aliphatic heterocycles. The number of aliphatic hydroxyl groups is 2. The van der Waals surface area contributed by atoms with Crippen LogP contribution in [0.25, 0.3) is 0 Å². The number of rotatable bonds is 5. The van der Waals surface area contributed by atoms with Gasteiger partial charge < -0.3 is 15.5 Å². The summed E-state index contributed by atoms with van der Waals surface area (Å²) in [4.78, 5) is 0. The van der Waals surface area contributed by atoms with Gasteiger partial charge in [0.25, 0.3) is 0 Å². The van der Waals surface area contributed by atoms with Crippen LogP contribution in [0.4, 0.5) is 0 Å². The van der Waals surface area contributed by atoms with E-state index in [9.17, 15) is 5.11 Å². The van der Waals surface area contributed by atoms with Crippen molar-refractivity contribution in [2.45, 2.75) is 30.9 Å². The molecule has 17 heavy (non-hydrogen) atoms. The van der Waals surface area contributed by atoms with E-state index in [1.54, 1.807) is 0 Å². The smallest absolute Gasteiger partial charge is 0.0895 e. The maximum atomic E-state index is 9.21. The summed E-state index contributed by atoms with van der Waals surface area (Å²) >= 11 is 5.84. The van der Waals surface area contributed by atoms with E-state index in [0.29, 0.717) is 18.5 Å². The molecule has 1 atom stereocenters.